The average molecular weight is 416 g/mol. The Hall–Kier alpha value is -2.90. The quantitative estimate of drug-likeness (QED) is 0.355. The van der Waals surface area contributed by atoms with Crippen molar-refractivity contribution in [2.75, 3.05) is 20.8 Å². The SMILES string of the molecule is C=CCN([C@@H](C(=C)C(=O)OC)c1cccc(OC)c1)S(=O)(=O)c1ccc(C)cc1. The Morgan fingerprint density at radius 1 is 1.17 bits per heavy atom. The number of esters is 1. The summed E-state index contributed by atoms with van der Waals surface area (Å²) in [6, 6.07) is 12.3. The van der Waals surface area contributed by atoms with Crippen LogP contribution in [0.25, 0.3) is 0 Å². The molecule has 0 bridgehead atoms. The lowest BCUT2D eigenvalue weighted by atomic mass is 9.99. The molecule has 2 aromatic carbocycles. The fourth-order valence-electron chi connectivity index (χ4n) is 2.91. The van der Waals surface area contributed by atoms with Crippen LogP contribution < -0.4 is 4.74 Å². The number of carbonyl (C=O) groups is 1. The maximum atomic E-state index is 13.5. The van der Waals surface area contributed by atoms with Gasteiger partial charge in [0.15, 0.2) is 0 Å². The molecule has 0 fully saturated rings. The van der Waals surface area contributed by atoms with Crippen LogP contribution in [-0.2, 0) is 19.6 Å². The second kappa shape index (κ2) is 9.54. The first-order chi connectivity index (χ1) is 13.8. The van der Waals surface area contributed by atoms with Crippen molar-refractivity contribution in [1.29, 1.82) is 0 Å². The van der Waals surface area contributed by atoms with Gasteiger partial charge in [-0.1, -0.05) is 42.5 Å². The highest BCUT2D eigenvalue weighted by atomic mass is 32.2. The van der Waals surface area contributed by atoms with E-state index in [-0.39, 0.29) is 17.0 Å². The van der Waals surface area contributed by atoms with Crippen LogP contribution in [0.3, 0.4) is 0 Å². The predicted octanol–water partition coefficient (Wildman–Crippen LogP) is 3.65. The van der Waals surface area contributed by atoms with Crippen molar-refractivity contribution in [1.82, 2.24) is 4.31 Å². The van der Waals surface area contributed by atoms with E-state index in [9.17, 15) is 13.2 Å². The number of ether oxygens (including phenoxy) is 2. The fourth-order valence-corrected chi connectivity index (χ4v) is 4.49. The van der Waals surface area contributed by atoms with E-state index < -0.39 is 22.0 Å². The molecule has 1 atom stereocenters. The molecule has 0 radical (unpaired) electrons. The van der Waals surface area contributed by atoms with Crippen LogP contribution in [0.1, 0.15) is 17.2 Å². The molecule has 0 N–H and O–H groups in total. The third kappa shape index (κ3) is 4.93. The molecule has 0 heterocycles. The highest BCUT2D eigenvalue weighted by Gasteiger charge is 2.36. The highest BCUT2D eigenvalue weighted by molar-refractivity contribution is 7.89. The van der Waals surface area contributed by atoms with Crippen molar-refractivity contribution < 1.29 is 22.7 Å². The molecule has 0 aromatic heterocycles. The number of rotatable bonds is 9. The summed E-state index contributed by atoms with van der Waals surface area (Å²) >= 11 is 0. The molecule has 29 heavy (non-hydrogen) atoms. The van der Waals surface area contributed by atoms with Gasteiger partial charge in [0.2, 0.25) is 10.0 Å². The van der Waals surface area contributed by atoms with Crippen molar-refractivity contribution in [3.63, 3.8) is 0 Å². The second-order valence-electron chi connectivity index (χ2n) is 6.37. The van der Waals surface area contributed by atoms with Gasteiger partial charge in [0.25, 0.3) is 0 Å². The summed E-state index contributed by atoms with van der Waals surface area (Å²) in [4.78, 5) is 12.4. The van der Waals surface area contributed by atoms with Crippen LogP contribution in [0.15, 0.2) is 78.2 Å². The number of methoxy groups -OCH3 is 2. The minimum atomic E-state index is -3.98. The third-order valence-corrected chi connectivity index (χ3v) is 6.26. The summed E-state index contributed by atoms with van der Waals surface area (Å²) in [7, 11) is -1.25. The first kappa shape index (κ1) is 22.4. The molecule has 0 amide bonds. The fraction of sp³-hybridized carbons (Fsp3) is 0.227. The van der Waals surface area contributed by atoms with Gasteiger partial charge in [-0.25, -0.2) is 13.2 Å². The zero-order valence-corrected chi connectivity index (χ0v) is 17.6. The lowest BCUT2D eigenvalue weighted by Crippen LogP contribution is -2.37. The number of hydrogen-bond acceptors (Lipinski definition) is 5. The average Bonchev–Trinajstić information content (AvgIpc) is 2.73. The van der Waals surface area contributed by atoms with E-state index in [0.717, 1.165) is 5.56 Å². The first-order valence-corrected chi connectivity index (χ1v) is 10.3. The Kier molecular flexibility index (Phi) is 7.36. The van der Waals surface area contributed by atoms with Gasteiger partial charge >= 0.3 is 5.97 Å². The monoisotopic (exact) mass is 415 g/mol. The van der Waals surface area contributed by atoms with Gasteiger partial charge in [-0.2, -0.15) is 4.31 Å². The third-order valence-electron chi connectivity index (χ3n) is 4.41. The summed E-state index contributed by atoms with van der Waals surface area (Å²) in [5, 5.41) is 0. The van der Waals surface area contributed by atoms with Gasteiger partial charge in [-0.05, 0) is 36.8 Å². The molecule has 0 unspecified atom stereocenters. The summed E-state index contributed by atoms with van der Waals surface area (Å²) in [6.45, 7) is 9.34. The summed E-state index contributed by atoms with van der Waals surface area (Å²) in [5.41, 5.74) is 1.44. The molecule has 154 valence electrons. The normalized spacial score (nSPS) is 12.3. The van der Waals surface area contributed by atoms with Crippen molar-refractivity contribution >= 4 is 16.0 Å². The van der Waals surface area contributed by atoms with Gasteiger partial charge in [-0.3, -0.25) is 0 Å². The summed E-state index contributed by atoms with van der Waals surface area (Å²) in [6.07, 6.45) is 1.46. The molecule has 0 aliphatic rings. The van der Waals surface area contributed by atoms with E-state index in [1.54, 1.807) is 36.4 Å². The minimum Gasteiger partial charge on any atom is -0.497 e. The molecule has 6 nitrogen and oxygen atoms in total. The maximum absolute atomic E-state index is 13.5. The summed E-state index contributed by atoms with van der Waals surface area (Å²) in [5.74, 6) is -0.178. The lowest BCUT2D eigenvalue weighted by molar-refractivity contribution is -0.136. The van der Waals surface area contributed by atoms with Crippen molar-refractivity contribution in [2.24, 2.45) is 0 Å². The van der Waals surface area contributed by atoms with Gasteiger partial charge in [-0.15, -0.1) is 6.58 Å². The molecule has 2 rings (SSSR count). The molecular weight excluding hydrogens is 390 g/mol. The van der Waals surface area contributed by atoms with Crippen LogP contribution in [0.4, 0.5) is 0 Å². The second-order valence-corrected chi connectivity index (χ2v) is 8.26. The molecular formula is C22H25NO5S. The Bertz CT molecular complexity index is 996. The first-order valence-electron chi connectivity index (χ1n) is 8.86. The largest absolute Gasteiger partial charge is 0.497 e. The van der Waals surface area contributed by atoms with E-state index >= 15 is 0 Å². The number of hydrogen-bond donors (Lipinski definition) is 0. The van der Waals surface area contributed by atoms with Crippen LogP contribution >= 0.6 is 0 Å². The van der Waals surface area contributed by atoms with Crippen molar-refractivity contribution in [3.05, 3.63) is 84.5 Å². The van der Waals surface area contributed by atoms with E-state index in [1.165, 1.54) is 36.7 Å². The molecule has 0 aliphatic carbocycles. The van der Waals surface area contributed by atoms with Crippen LogP contribution in [0, 0.1) is 6.92 Å². The smallest absolute Gasteiger partial charge is 0.335 e. The van der Waals surface area contributed by atoms with E-state index in [1.807, 2.05) is 6.92 Å². The Morgan fingerprint density at radius 2 is 1.83 bits per heavy atom. The number of benzene rings is 2. The summed E-state index contributed by atoms with van der Waals surface area (Å²) < 4.78 is 38.2. The van der Waals surface area contributed by atoms with Crippen molar-refractivity contribution in [3.8, 4) is 5.75 Å². The van der Waals surface area contributed by atoms with Crippen LogP contribution in [0.2, 0.25) is 0 Å². The molecule has 7 heteroatoms. The van der Waals surface area contributed by atoms with Crippen LogP contribution in [0.5, 0.6) is 5.75 Å². The molecule has 0 spiro atoms. The van der Waals surface area contributed by atoms with E-state index in [2.05, 4.69) is 13.2 Å². The highest BCUT2D eigenvalue weighted by Crippen LogP contribution is 2.34. The molecule has 0 aliphatic heterocycles. The number of aryl methyl sites for hydroxylation is 1. The Morgan fingerprint density at radius 3 is 2.38 bits per heavy atom. The molecule has 2 aromatic rings. The van der Waals surface area contributed by atoms with Crippen LogP contribution in [-0.4, -0.2) is 39.5 Å². The Balaban J connectivity index is 2.68. The van der Waals surface area contributed by atoms with Gasteiger partial charge < -0.3 is 9.47 Å². The standard InChI is InChI=1S/C22H25NO5S/c1-6-14-23(29(25,26)20-12-10-16(2)11-13-20)21(17(3)22(24)28-5)18-8-7-9-19(15-18)27-4/h6-13,15,21H,1,3,14H2,2,4-5H3/t21-/m0/s1. The maximum Gasteiger partial charge on any atom is 0.335 e. The predicted molar refractivity (Wildman–Crippen MR) is 112 cm³/mol. The molecule has 0 saturated carbocycles. The number of sulfonamides is 1. The van der Waals surface area contributed by atoms with Crippen molar-refractivity contribution in [2.45, 2.75) is 17.9 Å². The topological polar surface area (TPSA) is 72.9 Å². The number of nitrogens with zero attached hydrogens (tertiary/aromatic N) is 1. The molecule has 0 saturated heterocycles. The lowest BCUT2D eigenvalue weighted by Gasteiger charge is -2.31. The number of carbonyl (C=O) groups excluding carboxylic acids is 1. The van der Waals surface area contributed by atoms with Gasteiger partial charge in [0.05, 0.1) is 30.7 Å². The van der Waals surface area contributed by atoms with Gasteiger partial charge in [0.1, 0.15) is 5.75 Å². The van der Waals surface area contributed by atoms with E-state index in [4.69, 9.17) is 9.47 Å². The Labute approximate surface area is 172 Å². The van der Waals surface area contributed by atoms with Gasteiger partial charge in [0, 0.05) is 6.54 Å². The zero-order valence-electron chi connectivity index (χ0n) is 16.8. The zero-order chi connectivity index (χ0) is 21.6. The minimum absolute atomic E-state index is 0.0155. The van der Waals surface area contributed by atoms with E-state index in [0.29, 0.717) is 11.3 Å².